The van der Waals surface area contributed by atoms with Gasteiger partial charge in [0.15, 0.2) is 0 Å². The largest absolute Gasteiger partial charge is 0.121 e. The highest BCUT2D eigenvalue weighted by Crippen LogP contribution is 2.27. The van der Waals surface area contributed by atoms with E-state index in [9.17, 15) is 0 Å². The second kappa shape index (κ2) is 5.22. The van der Waals surface area contributed by atoms with Crippen molar-refractivity contribution in [2.45, 2.75) is 51.4 Å². The normalized spacial score (nSPS) is 28.0. The van der Waals surface area contributed by atoms with Gasteiger partial charge in [-0.05, 0) is 30.9 Å². The van der Waals surface area contributed by atoms with Gasteiger partial charge >= 0.3 is 0 Å². The van der Waals surface area contributed by atoms with Crippen LogP contribution in [0.3, 0.4) is 0 Å². The van der Waals surface area contributed by atoms with Gasteiger partial charge in [-0.1, -0.05) is 44.3 Å². The van der Waals surface area contributed by atoms with Crippen LogP contribution in [-0.2, 0) is 0 Å². The van der Waals surface area contributed by atoms with Gasteiger partial charge in [-0.15, -0.1) is 5.73 Å². The van der Waals surface area contributed by atoms with Crippen molar-refractivity contribution < 1.29 is 0 Å². The second-order valence-corrected chi connectivity index (χ2v) is 4.49. The molecule has 2 rings (SSSR count). The maximum absolute atomic E-state index is 3.44. The molecule has 1 fully saturated rings. The van der Waals surface area contributed by atoms with E-state index in [0.29, 0.717) is 0 Å². The molecule has 0 aliphatic heterocycles. The molecular formula is C14H20. The molecule has 0 heterocycles. The molecule has 0 saturated heterocycles. The first-order chi connectivity index (χ1) is 6.97. The van der Waals surface area contributed by atoms with E-state index in [1.54, 1.807) is 5.57 Å². The van der Waals surface area contributed by atoms with Gasteiger partial charge in [-0.25, -0.2) is 0 Å². The van der Waals surface area contributed by atoms with Crippen LogP contribution in [0.25, 0.3) is 0 Å². The van der Waals surface area contributed by atoms with Gasteiger partial charge in [-0.2, -0.15) is 0 Å². The molecule has 0 aromatic heterocycles. The topological polar surface area (TPSA) is 0 Å². The van der Waals surface area contributed by atoms with E-state index in [2.05, 4.69) is 24.0 Å². The molecule has 0 N–H and O–H groups in total. The Morgan fingerprint density at radius 3 is 2.71 bits per heavy atom. The summed E-state index contributed by atoms with van der Waals surface area (Å²) in [5.74, 6) is 0.720. The Kier molecular flexibility index (Phi) is 3.65. The summed E-state index contributed by atoms with van der Waals surface area (Å²) in [6.07, 6.45) is 17.8. The zero-order valence-electron chi connectivity index (χ0n) is 8.97. The molecule has 1 unspecified atom stereocenters. The zero-order valence-corrected chi connectivity index (χ0v) is 8.97. The van der Waals surface area contributed by atoms with Crippen molar-refractivity contribution in [1.82, 2.24) is 0 Å². The quantitative estimate of drug-likeness (QED) is 0.495. The van der Waals surface area contributed by atoms with Gasteiger partial charge in [0.25, 0.3) is 0 Å². The third-order valence-electron chi connectivity index (χ3n) is 3.37. The first-order valence-corrected chi connectivity index (χ1v) is 6.09. The highest BCUT2D eigenvalue weighted by atomic mass is 14.2. The Hall–Kier alpha value is -0.740. The van der Waals surface area contributed by atoms with Crippen LogP contribution in [0.5, 0.6) is 0 Å². The van der Waals surface area contributed by atoms with Crippen molar-refractivity contribution in [1.29, 1.82) is 0 Å². The van der Waals surface area contributed by atoms with Crippen molar-refractivity contribution in [3.63, 3.8) is 0 Å². The Morgan fingerprint density at radius 2 is 1.79 bits per heavy atom. The van der Waals surface area contributed by atoms with E-state index < -0.39 is 0 Å². The van der Waals surface area contributed by atoms with Crippen molar-refractivity contribution in [2.75, 3.05) is 0 Å². The highest BCUT2D eigenvalue weighted by Gasteiger charge is 2.13. The van der Waals surface area contributed by atoms with E-state index in [0.717, 1.165) is 5.92 Å². The molecule has 0 bridgehead atoms. The Bertz CT molecular complexity index is 264. The minimum atomic E-state index is 0.720. The summed E-state index contributed by atoms with van der Waals surface area (Å²) < 4.78 is 0. The van der Waals surface area contributed by atoms with Crippen LogP contribution >= 0.6 is 0 Å². The lowest BCUT2D eigenvalue weighted by molar-refractivity contribution is 0.511. The molecule has 0 amide bonds. The van der Waals surface area contributed by atoms with Crippen molar-refractivity contribution in [3.05, 3.63) is 29.5 Å². The van der Waals surface area contributed by atoms with E-state index in [1.807, 2.05) is 0 Å². The molecule has 76 valence electrons. The van der Waals surface area contributed by atoms with Gasteiger partial charge in [0.1, 0.15) is 0 Å². The lowest BCUT2D eigenvalue weighted by atomic mass is 9.86. The minimum absolute atomic E-state index is 0.720. The summed E-state index contributed by atoms with van der Waals surface area (Å²) in [4.78, 5) is 0. The van der Waals surface area contributed by atoms with Gasteiger partial charge < -0.3 is 0 Å². The van der Waals surface area contributed by atoms with Crippen molar-refractivity contribution in [3.8, 4) is 0 Å². The SMILES string of the molecule is C1=CC=CC2CCCCCCCCC=12. The summed E-state index contributed by atoms with van der Waals surface area (Å²) in [7, 11) is 0. The molecule has 0 heteroatoms. The fraction of sp³-hybridized carbons (Fsp3) is 0.643. The number of rotatable bonds is 0. The fourth-order valence-electron chi connectivity index (χ4n) is 2.48. The fourth-order valence-corrected chi connectivity index (χ4v) is 2.48. The lowest BCUT2D eigenvalue weighted by Gasteiger charge is -2.18. The average Bonchev–Trinajstić information content (AvgIpc) is 2.25. The van der Waals surface area contributed by atoms with Crippen LogP contribution in [0.2, 0.25) is 0 Å². The van der Waals surface area contributed by atoms with Crippen molar-refractivity contribution >= 4 is 0 Å². The van der Waals surface area contributed by atoms with Gasteiger partial charge in [0.05, 0.1) is 0 Å². The Labute approximate surface area is 87.4 Å². The zero-order chi connectivity index (χ0) is 9.64. The van der Waals surface area contributed by atoms with Crippen molar-refractivity contribution in [2.24, 2.45) is 5.92 Å². The van der Waals surface area contributed by atoms with Gasteiger partial charge in [0.2, 0.25) is 0 Å². The maximum Gasteiger partial charge on any atom is 0.00561 e. The summed E-state index contributed by atoms with van der Waals surface area (Å²) in [5, 5.41) is 0. The summed E-state index contributed by atoms with van der Waals surface area (Å²) in [6, 6.07) is 0. The van der Waals surface area contributed by atoms with Gasteiger partial charge in [-0.3, -0.25) is 0 Å². The molecule has 2 aliphatic carbocycles. The molecule has 1 atom stereocenters. The second-order valence-electron chi connectivity index (χ2n) is 4.49. The molecule has 0 nitrogen and oxygen atoms in total. The molecular weight excluding hydrogens is 168 g/mol. The molecule has 2 aliphatic rings. The van der Waals surface area contributed by atoms with Gasteiger partial charge in [0, 0.05) is 5.92 Å². The summed E-state index contributed by atoms with van der Waals surface area (Å²) in [5.41, 5.74) is 5.01. The van der Waals surface area contributed by atoms with Crippen LogP contribution in [0.4, 0.5) is 0 Å². The number of hydrogen-bond acceptors (Lipinski definition) is 0. The van der Waals surface area contributed by atoms with E-state index >= 15 is 0 Å². The van der Waals surface area contributed by atoms with Crippen LogP contribution in [0, 0.1) is 5.92 Å². The lowest BCUT2D eigenvalue weighted by Crippen LogP contribution is -2.04. The first-order valence-electron chi connectivity index (χ1n) is 6.09. The van der Waals surface area contributed by atoms with E-state index in [1.165, 1.54) is 51.4 Å². The smallest absolute Gasteiger partial charge is 0.00561 e. The number of hydrogen-bond donors (Lipinski definition) is 0. The predicted molar refractivity (Wildman–Crippen MR) is 61.2 cm³/mol. The van der Waals surface area contributed by atoms with E-state index in [4.69, 9.17) is 0 Å². The molecule has 1 saturated carbocycles. The molecule has 0 radical (unpaired) electrons. The first kappa shape index (κ1) is 9.80. The molecule has 0 aromatic carbocycles. The molecule has 0 spiro atoms. The molecule has 0 aromatic rings. The maximum atomic E-state index is 3.44. The third kappa shape index (κ3) is 2.62. The average molecular weight is 188 g/mol. The monoisotopic (exact) mass is 188 g/mol. The van der Waals surface area contributed by atoms with Crippen LogP contribution in [0.15, 0.2) is 29.5 Å². The Balaban J connectivity index is 2.01. The molecule has 14 heavy (non-hydrogen) atoms. The summed E-state index contributed by atoms with van der Waals surface area (Å²) in [6.45, 7) is 0. The summed E-state index contributed by atoms with van der Waals surface area (Å²) >= 11 is 0. The number of fused-ring (bicyclic) bond motifs is 1. The highest BCUT2D eigenvalue weighted by molar-refractivity contribution is 5.22. The predicted octanol–water partition coefficient (Wildman–Crippen LogP) is 4.39. The van der Waals surface area contributed by atoms with Crippen LogP contribution < -0.4 is 0 Å². The minimum Gasteiger partial charge on any atom is -0.121 e. The van der Waals surface area contributed by atoms with Crippen LogP contribution in [0.1, 0.15) is 51.4 Å². The van der Waals surface area contributed by atoms with Crippen LogP contribution in [-0.4, -0.2) is 0 Å². The Morgan fingerprint density at radius 1 is 1.00 bits per heavy atom. The standard InChI is InChI=1S/C14H20/c1-2-4-6-10-14-12-8-7-11-13(14)9-5-3-1/h7-8,11,13H,1-6,9-10H2. The third-order valence-corrected chi connectivity index (χ3v) is 3.37. The van der Waals surface area contributed by atoms with E-state index in [-0.39, 0.29) is 0 Å². The number of allylic oxidation sites excluding steroid dienone is 3.